The van der Waals surface area contributed by atoms with Gasteiger partial charge in [0, 0.05) is 16.1 Å². The Morgan fingerprint density at radius 2 is 1.39 bits per heavy atom. The van der Waals surface area contributed by atoms with Gasteiger partial charge in [-0.2, -0.15) is 0 Å². The van der Waals surface area contributed by atoms with Gasteiger partial charge in [0.2, 0.25) is 5.11 Å². The minimum absolute atomic E-state index is 0.0632. The molecule has 1 unspecified atom stereocenters. The van der Waals surface area contributed by atoms with Gasteiger partial charge in [-0.15, -0.1) is 0 Å². The molecule has 2 heterocycles. The summed E-state index contributed by atoms with van der Waals surface area (Å²) in [7, 11) is 5.14. The third kappa shape index (κ3) is 3.08. The largest absolute Gasteiger partial charge is 0.497 e. The molecule has 0 spiro atoms. The number of rotatable bonds is 3. The highest BCUT2D eigenvalue weighted by atomic mass is 35.5. The smallest absolute Gasteiger partial charge is 0.200 e. The lowest BCUT2D eigenvalue weighted by Crippen LogP contribution is -1.97. The fourth-order valence-electron chi connectivity index (χ4n) is 2.10. The van der Waals surface area contributed by atoms with Crippen LogP contribution in [0.5, 0.6) is 5.75 Å². The Morgan fingerprint density at radius 3 is 1.87 bits per heavy atom. The van der Waals surface area contributed by atoms with E-state index in [0.717, 1.165) is 37.1 Å². The van der Waals surface area contributed by atoms with E-state index in [9.17, 15) is 0 Å². The maximum atomic E-state index is 5.94. The zero-order chi connectivity index (χ0) is 15.8. The van der Waals surface area contributed by atoms with Gasteiger partial charge in [-0.25, -0.2) is 9.98 Å². The van der Waals surface area contributed by atoms with Crippen LogP contribution >= 0.6 is 41.7 Å². The van der Waals surface area contributed by atoms with Crippen molar-refractivity contribution in [3.05, 3.63) is 64.7 Å². The summed E-state index contributed by atoms with van der Waals surface area (Å²) in [4.78, 5) is 9.39. The van der Waals surface area contributed by atoms with E-state index in [1.807, 2.05) is 48.5 Å². The maximum absolute atomic E-state index is 5.94. The van der Waals surface area contributed by atoms with E-state index in [0.29, 0.717) is 0 Å². The fraction of sp³-hybridized carbons (Fsp3) is 0.0625. The van der Waals surface area contributed by atoms with Crippen LogP contribution in [0.25, 0.3) is 0 Å². The van der Waals surface area contributed by atoms with Gasteiger partial charge in [0.25, 0.3) is 0 Å². The maximum Gasteiger partial charge on any atom is 0.200 e. The molecule has 116 valence electrons. The van der Waals surface area contributed by atoms with E-state index in [-0.39, 0.29) is 8.55 Å². The topological polar surface area (TPSA) is 34.0 Å². The zero-order valence-corrected chi connectivity index (χ0v) is 15.2. The van der Waals surface area contributed by atoms with Gasteiger partial charge in [-0.3, -0.25) is 0 Å². The number of ether oxygens (including phenoxy) is 1. The lowest BCUT2D eigenvalue weighted by atomic mass is 10.2. The Hall–Kier alpha value is -1.21. The van der Waals surface area contributed by atoms with Crippen LogP contribution in [0.2, 0.25) is 5.02 Å². The van der Waals surface area contributed by atoms with Crippen molar-refractivity contribution in [2.75, 3.05) is 7.11 Å². The SMILES string of the molecule is COc1ccc(C2=NC3=S(SC(c4ccc(Cl)cc4)=N3)S2)cc1. The number of benzene rings is 2. The van der Waals surface area contributed by atoms with Crippen LogP contribution < -0.4 is 4.74 Å². The Bertz CT molecular complexity index is 858. The molecule has 2 aliphatic rings. The number of nitrogens with zero attached hydrogens (tertiary/aromatic N) is 2. The average Bonchev–Trinajstić information content (AvgIpc) is 3.14. The van der Waals surface area contributed by atoms with Gasteiger partial charge < -0.3 is 4.74 Å². The quantitative estimate of drug-likeness (QED) is 0.542. The van der Waals surface area contributed by atoms with Crippen molar-refractivity contribution in [1.82, 2.24) is 0 Å². The molecule has 0 N–H and O–H groups in total. The van der Waals surface area contributed by atoms with E-state index in [4.69, 9.17) is 26.3 Å². The summed E-state index contributed by atoms with van der Waals surface area (Å²) in [5, 5.41) is 3.69. The molecule has 3 nitrogen and oxygen atoms in total. The highest BCUT2D eigenvalue weighted by molar-refractivity contribution is 9.21. The van der Waals surface area contributed by atoms with Gasteiger partial charge in [0.1, 0.15) is 15.8 Å². The van der Waals surface area contributed by atoms with Crippen molar-refractivity contribution < 1.29 is 4.74 Å². The third-order valence-corrected chi connectivity index (χ3v) is 9.26. The summed E-state index contributed by atoms with van der Waals surface area (Å²) in [6.07, 6.45) is 0. The molecule has 0 bridgehead atoms. The Kier molecular flexibility index (Phi) is 4.24. The number of hydrogen-bond acceptors (Lipinski definition) is 5. The van der Waals surface area contributed by atoms with E-state index in [1.165, 1.54) is 0 Å². The average molecular weight is 379 g/mol. The van der Waals surface area contributed by atoms with Crippen molar-refractivity contribution in [3.63, 3.8) is 0 Å². The molecule has 23 heavy (non-hydrogen) atoms. The highest BCUT2D eigenvalue weighted by Gasteiger charge is 2.27. The first-order chi connectivity index (χ1) is 11.2. The molecule has 2 aromatic carbocycles. The van der Waals surface area contributed by atoms with Crippen molar-refractivity contribution >= 4 is 56.9 Å². The molecular weight excluding hydrogens is 368 g/mol. The lowest BCUT2D eigenvalue weighted by molar-refractivity contribution is 0.415. The molecule has 0 amide bonds. The number of aliphatic imine (C=N–C) groups is 2. The minimum atomic E-state index is -0.0632. The first kappa shape index (κ1) is 15.3. The van der Waals surface area contributed by atoms with Crippen molar-refractivity contribution in [1.29, 1.82) is 0 Å². The summed E-state index contributed by atoms with van der Waals surface area (Å²) in [5.74, 6) is 0.852. The summed E-state index contributed by atoms with van der Waals surface area (Å²) in [6, 6.07) is 15.8. The van der Waals surface area contributed by atoms with Crippen molar-refractivity contribution in [2.45, 2.75) is 0 Å². The summed E-state index contributed by atoms with van der Waals surface area (Å²) in [6.45, 7) is 0. The molecule has 4 rings (SSSR count). The van der Waals surface area contributed by atoms with Crippen LogP contribution in [-0.2, 0) is 0 Å². The molecule has 2 aliphatic heterocycles. The molecule has 0 saturated heterocycles. The van der Waals surface area contributed by atoms with E-state index in [1.54, 1.807) is 28.7 Å². The first-order valence-electron chi connectivity index (χ1n) is 6.78. The van der Waals surface area contributed by atoms with Crippen LogP contribution in [0.15, 0.2) is 58.5 Å². The molecule has 7 heteroatoms. The second kappa shape index (κ2) is 6.36. The van der Waals surface area contributed by atoms with Gasteiger partial charge in [-0.1, -0.05) is 23.7 Å². The van der Waals surface area contributed by atoms with Gasteiger partial charge in [-0.05, 0) is 66.5 Å². The third-order valence-electron chi connectivity index (χ3n) is 3.28. The van der Waals surface area contributed by atoms with Gasteiger partial charge in [0.15, 0.2) is 0 Å². The Labute approximate surface area is 148 Å². The van der Waals surface area contributed by atoms with Gasteiger partial charge >= 0.3 is 0 Å². The molecular formula is C16H11ClN2OS3. The molecule has 0 radical (unpaired) electrons. The van der Waals surface area contributed by atoms with E-state index < -0.39 is 0 Å². The molecule has 0 saturated carbocycles. The van der Waals surface area contributed by atoms with Crippen molar-refractivity contribution in [2.24, 2.45) is 9.98 Å². The predicted octanol–water partition coefficient (Wildman–Crippen LogP) is 5.22. The molecule has 0 aliphatic carbocycles. The van der Waals surface area contributed by atoms with Gasteiger partial charge in [0.05, 0.1) is 7.11 Å². The minimum Gasteiger partial charge on any atom is -0.497 e. The second-order valence-electron chi connectivity index (χ2n) is 4.75. The van der Waals surface area contributed by atoms with Crippen LogP contribution in [-0.4, -0.2) is 22.3 Å². The summed E-state index contributed by atoms with van der Waals surface area (Å²) < 4.78 is 5.19. The number of methoxy groups -OCH3 is 1. The molecule has 0 aromatic heterocycles. The second-order valence-corrected chi connectivity index (χ2v) is 10.8. The van der Waals surface area contributed by atoms with Crippen molar-refractivity contribution in [3.8, 4) is 5.75 Å². The van der Waals surface area contributed by atoms with Crippen LogP contribution in [0, 0.1) is 0 Å². The van der Waals surface area contributed by atoms with Crippen LogP contribution in [0.4, 0.5) is 0 Å². The van der Waals surface area contributed by atoms with Crippen LogP contribution in [0.3, 0.4) is 0 Å². The monoisotopic (exact) mass is 378 g/mol. The number of halogens is 1. The molecule has 2 aromatic rings. The number of hydrogen-bond donors (Lipinski definition) is 0. The molecule has 0 fully saturated rings. The Morgan fingerprint density at radius 1 is 0.870 bits per heavy atom. The van der Waals surface area contributed by atoms with E-state index >= 15 is 0 Å². The zero-order valence-electron chi connectivity index (χ0n) is 12.0. The fourth-order valence-corrected chi connectivity index (χ4v) is 7.98. The van der Waals surface area contributed by atoms with E-state index in [2.05, 4.69) is 0 Å². The lowest BCUT2D eigenvalue weighted by Gasteiger charge is -2.05. The predicted molar refractivity (Wildman–Crippen MR) is 105 cm³/mol. The standard InChI is InChI=1S/C16H11ClN2OS3/c1-20-13-8-4-11(5-9-13)15-19-16-18-14(21-23(16)22-15)10-2-6-12(17)7-3-10/h2-9H,1H3. The van der Waals surface area contributed by atoms with Crippen LogP contribution in [0.1, 0.15) is 11.1 Å². The highest BCUT2D eigenvalue weighted by Crippen LogP contribution is 2.55. The normalized spacial score (nSPS) is 19.4. The Balaban J connectivity index is 1.56. The summed E-state index contributed by atoms with van der Waals surface area (Å²) in [5.41, 5.74) is 2.20. The summed E-state index contributed by atoms with van der Waals surface area (Å²) >= 11 is 5.94. The first-order valence-corrected chi connectivity index (χ1v) is 11.1. The molecule has 1 atom stereocenters.